The first-order valence-electron chi connectivity index (χ1n) is 19.2. The molecule has 0 bridgehead atoms. The molecule has 5 rings (SSSR count). The lowest BCUT2D eigenvalue weighted by Crippen LogP contribution is -2.26. The zero-order chi connectivity index (χ0) is 39.3. The molecule has 0 atom stereocenters. The molecule has 0 saturated heterocycles. The Labute approximate surface area is 327 Å². The van der Waals surface area contributed by atoms with Crippen LogP contribution >= 0.6 is 11.6 Å². The minimum atomic E-state index is -0.139. The quantitative estimate of drug-likeness (QED) is 0.172. The summed E-state index contributed by atoms with van der Waals surface area (Å²) in [5.74, 6) is 0. The third-order valence-electron chi connectivity index (χ3n) is 10.1. The van der Waals surface area contributed by atoms with Gasteiger partial charge in [0, 0.05) is 27.8 Å². The summed E-state index contributed by atoms with van der Waals surface area (Å²) in [5, 5.41) is 0.713. The van der Waals surface area contributed by atoms with E-state index < -0.39 is 0 Å². The van der Waals surface area contributed by atoms with Crippen molar-refractivity contribution >= 4 is 45.7 Å². The second-order valence-corrected chi connectivity index (χ2v) is 20.3. The van der Waals surface area contributed by atoms with Crippen LogP contribution in [0.15, 0.2) is 109 Å². The molecular formula is C50H63ClN2. The summed E-state index contributed by atoms with van der Waals surface area (Å²) in [6, 6.07) is 40.2. The fourth-order valence-corrected chi connectivity index (χ4v) is 7.47. The van der Waals surface area contributed by atoms with E-state index in [-0.39, 0.29) is 27.1 Å². The maximum atomic E-state index is 6.85. The van der Waals surface area contributed by atoms with Crippen LogP contribution in [0.1, 0.15) is 132 Å². The van der Waals surface area contributed by atoms with Crippen LogP contribution < -0.4 is 9.80 Å². The second kappa shape index (κ2) is 14.3. The molecule has 5 aromatic carbocycles. The summed E-state index contributed by atoms with van der Waals surface area (Å²) in [6.07, 6.45) is 0. The van der Waals surface area contributed by atoms with Gasteiger partial charge in [-0.2, -0.15) is 0 Å². The first-order valence-corrected chi connectivity index (χ1v) is 19.6. The van der Waals surface area contributed by atoms with Gasteiger partial charge in [-0.25, -0.2) is 0 Å². The van der Waals surface area contributed by atoms with Crippen LogP contribution in [0.25, 0.3) is 0 Å². The number of benzene rings is 5. The highest BCUT2D eigenvalue weighted by Crippen LogP contribution is 2.51. The minimum Gasteiger partial charge on any atom is -0.310 e. The zero-order valence-corrected chi connectivity index (χ0v) is 35.9. The molecule has 0 aliphatic carbocycles. The van der Waals surface area contributed by atoms with Gasteiger partial charge in [-0.05, 0) is 103 Å². The number of halogens is 1. The third-order valence-corrected chi connectivity index (χ3v) is 10.4. The average molecular weight is 728 g/mol. The fraction of sp³-hybridized carbons (Fsp3) is 0.400. The molecule has 3 heteroatoms. The summed E-state index contributed by atoms with van der Waals surface area (Å²) in [5.41, 5.74) is 12.7. The highest BCUT2D eigenvalue weighted by atomic mass is 35.5. The second-order valence-electron chi connectivity index (χ2n) is 19.9. The van der Waals surface area contributed by atoms with Crippen LogP contribution in [-0.4, -0.2) is 0 Å². The average Bonchev–Trinajstić information content (AvgIpc) is 3.03. The van der Waals surface area contributed by atoms with Crippen molar-refractivity contribution in [3.8, 4) is 0 Å². The van der Waals surface area contributed by atoms with E-state index in [1.165, 1.54) is 39.2 Å². The summed E-state index contributed by atoms with van der Waals surface area (Å²) in [7, 11) is 0. The van der Waals surface area contributed by atoms with Crippen molar-refractivity contribution in [1.29, 1.82) is 0 Å². The molecule has 0 spiro atoms. The topological polar surface area (TPSA) is 6.48 Å². The first-order chi connectivity index (χ1) is 24.4. The Hall–Kier alpha value is -4.01. The van der Waals surface area contributed by atoms with Gasteiger partial charge in [0.15, 0.2) is 0 Å². The van der Waals surface area contributed by atoms with E-state index in [4.69, 9.17) is 11.6 Å². The third kappa shape index (κ3) is 8.70. The molecule has 0 aliphatic rings. The van der Waals surface area contributed by atoms with E-state index in [9.17, 15) is 0 Å². The van der Waals surface area contributed by atoms with Gasteiger partial charge in [0.25, 0.3) is 0 Å². The molecule has 2 nitrogen and oxygen atoms in total. The SMILES string of the molecule is CC(C)(C)c1cc(N(c2ccccc2)c2c(C(C)(C)C)cccc2C(C)(C)C)cc(N(c2cccc(Cl)c2)c2c(C(C)(C)C)cccc2C(C)(C)C)c1. The van der Waals surface area contributed by atoms with E-state index in [0.717, 1.165) is 22.7 Å². The van der Waals surface area contributed by atoms with Gasteiger partial charge in [-0.1, -0.05) is 176 Å². The minimum absolute atomic E-state index is 0.103. The van der Waals surface area contributed by atoms with Crippen LogP contribution in [0.4, 0.5) is 34.1 Å². The summed E-state index contributed by atoms with van der Waals surface area (Å²) < 4.78 is 0. The first kappa shape index (κ1) is 40.2. The Morgan fingerprint density at radius 1 is 0.340 bits per heavy atom. The molecule has 0 amide bonds. The van der Waals surface area contributed by atoms with Crippen molar-refractivity contribution in [1.82, 2.24) is 0 Å². The largest absolute Gasteiger partial charge is 0.310 e. The zero-order valence-electron chi connectivity index (χ0n) is 35.2. The van der Waals surface area contributed by atoms with Gasteiger partial charge in [0.1, 0.15) is 0 Å². The van der Waals surface area contributed by atoms with Crippen LogP contribution in [0, 0.1) is 0 Å². The molecule has 5 aromatic rings. The smallest absolute Gasteiger partial charge is 0.0536 e. The van der Waals surface area contributed by atoms with Gasteiger partial charge >= 0.3 is 0 Å². The number of rotatable bonds is 6. The molecule has 0 fully saturated rings. The van der Waals surface area contributed by atoms with E-state index in [1.54, 1.807) is 0 Å². The summed E-state index contributed by atoms with van der Waals surface area (Å²) in [6.45, 7) is 34.9. The Balaban J connectivity index is 2.01. The molecule has 0 aliphatic heterocycles. The predicted octanol–water partition coefficient (Wildman–Crippen LogP) is 15.8. The van der Waals surface area contributed by atoms with Crippen LogP contribution in [-0.2, 0) is 27.1 Å². The van der Waals surface area contributed by atoms with Crippen LogP contribution in [0.2, 0.25) is 5.02 Å². The van der Waals surface area contributed by atoms with Crippen molar-refractivity contribution in [2.24, 2.45) is 0 Å². The highest BCUT2D eigenvalue weighted by Gasteiger charge is 2.34. The maximum absolute atomic E-state index is 6.85. The maximum Gasteiger partial charge on any atom is 0.0536 e. The molecule has 0 saturated carbocycles. The summed E-state index contributed by atoms with van der Waals surface area (Å²) >= 11 is 6.85. The predicted molar refractivity (Wildman–Crippen MR) is 234 cm³/mol. The van der Waals surface area contributed by atoms with E-state index in [0.29, 0.717) is 5.02 Å². The fourth-order valence-electron chi connectivity index (χ4n) is 7.28. The van der Waals surface area contributed by atoms with Crippen LogP contribution in [0.5, 0.6) is 0 Å². The van der Waals surface area contributed by atoms with Crippen molar-refractivity contribution < 1.29 is 0 Å². The van der Waals surface area contributed by atoms with Gasteiger partial charge in [-0.3, -0.25) is 0 Å². The molecule has 280 valence electrons. The molecular weight excluding hydrogens is 664 g/mol. The number of para-hydroxylation sites is 3. The molecule has 53 heavy (non-hydrogen) atoms. The molecule has 0 aromatic heterocycles. The van der Waals surface area contributed by atoms with Gasteiger partial charge < -0.3 is 9.80 Å². The Morgan fingerprint density at radius 2 is 0.698 bits per heavy atom. The molecule has 0 N–H and O–H groups in total. The summed E-state index contributed by atoms with van der Waals surface area (Å²) in [4.78, 5) is 5.01. The van der Waals surface area contributed by atoms with Crippen molar-refractivity contribution in [2.45, 2.75) is 131 Å². The monoisotopic (exact) mass is 726 g/mol. The highest BCUT2D eigenvalue weighted by molar-refractivity contribution is 6.30. The van der Waals surface area contributed by atoms with Crippen molar-refractivity contribution in [3.63, 3.8) is 0 Å². The number of hydrogen-bond donors (Lipinski definition) is 0. The lowest BCUT2D eigenvalue weighted by atomic mass is 9.77. The van der Waals surface area contributed by atoms with Gasteiger partial charge in [-0.15, -0.1) is 0 Å². The van der Waals surface area contributed by atoms with Gasteiger partial charge in [0.2, 0.25) is 0 Å². The number of anilines is 6. The van der Waals surface area contributed by atoms with Crippen molar-refractivity contribution in [2.75, 3.05) is 9.80 Å². The Bertz CT molecular complexity index is 1990. The van der Waals surface area contributed by atoms with Crippen molar-refractivity contribution in [3.05, 3.63) is 142 Å². The Kier molecular flexibility index (Phi) is 10.9. The lowest BCUT2D eigenvalue weighted by Gasteiger charge is -2.39. The normalized spacial score (nSPS) is 12.9. The van der Waals surface area contributed by atoms with E-state index in [2.05, 4.69) is 217 Å². The van der Waals surface area contributed by atoms with E-state index >= 15 is 0 Å². The van der Waals surface area contributed by atoms with Crippen LogP contribution in [0.3, 0.4) is 0 Å². The number of nitrogens with zero attached hydrogens (tertiary/aromatic N) is 2. The standard InChI is InChI=1S/C50H63ClN2/c1-46(2,3)34-30-38(52(36-23-17-16-18-24-36)44-40(47(4,5)6)26-20-27-41(44)48(7,8)9)33-39(31-34)53(37-25-19-22-35(51)32-37)45-42(49(10,11)12)28-21-29-43(45)50(13,14)15/h16-33H,1-15H3. The van der Waals surface area contributed by atoms with E-state index in [1.807, 2.05) is 6.07 Å². The molecule has 0 heterocycles. The molecule has 0 radical (unpaired) electrons. The van der Waals surface area contributed by atoms with Gasteiger partial charge in [0.05, 0.1) is 11.4 Å². The molecule has 0 unspecified atom stereocenters. The Morgan fingerprint density at radius 3 is 1.06 bits per heavy atom. The lowest BCUT2D eigenvalue weighted by molar-refractivity contribution is 0.569. The number of hydrogen-bond acceptors (Lipinski definition) is 2.